The molecule has 9 heteroatoms. The summed E-state index contributed by atoms with van der Waals surface area (Å²) in [6.45, 7) is 2.53. The smallest absolute Gasteiger partial charge is 0.357 e. The number of esters is 1. The maximum Gasteiger partial charge on any atom is 0.357 e. The highest BCUT2D eigenvalue weighted by Crippen LogP contribution is 2.33. The quantitative estimate of drug-likeness (QED) is 0.395. The number of aromatic nitrogens is 6. The zero-order valence-electron chi connectivity index (χ0n) is 17.9. The van der Waals surface area contributed by atoms with Gasteiger partial charge in [-0.2, -0.15) is 5.21 Å². The lowest BCUT2D eigenvalue weighted by molar-refractivity contribution is 0.0589. The van der Waals surface area contributed by atoms with Crippen LogP contribution in [-0.2, 0) is 17.7 Å². The number of methoxy groups -OCH3 is 1. The third-order valence-electron chi connectivity index (χ3n) is 5.29. The van der Waals surface area contributed by atoms with E-state index in [2.05, 4.69) is 32.5 Å². The highest BCUT2D eigenvalue weighted by Gasteiger charge is 2.24. The predicted molar refractivity (Wildman–Crippen MR) is 121 cm³/mol. The fraction of sp³-hybridized carbons (Fsp3) is 0.261. The summed E-state index contributed by atoms with van der Waals surface area (Å²) in [6, 6.07) is 15.9. The van der Waals surface area contributed by atoms with Gasteiger partial charge in [0.2, 0.25) is 5.82 Å². The average molecular weight is 451 g/mol. The van der Waals surface area contributed by atoms with Crippen LogP contribution >= 0.6 is 11.6 Å². The topological polar surface area (TPSA) is 98.6 Å². The molecule has 0 unspecified atom stereocenters. The summed E-state index contributed by atoms with van der Waals surface area (Å²) in [5.41, 5.74) is 4.08. The van der Waals surface area contributed by atoms with Gasteiger partial charge in [-0.3, -0.25) is 0 Å². The van der Waals surface area contributed by atoms with E-state index in [0.29, 0.717) is 12.4 Å². The molecule has 2 heterocycles. The van der Waals surface area contributed by atoms with Gasteiger partial charge >= 0.3 is 5.97 Å². The van der Waals surface area contributed by atoms with Gasteiger partial charge in [-0.1, -0.05) is 73.5 Å². The van der Waals surface area contributed by atoms with Gasteiger partial charge in [0, 0.05) is 12.0 Å². The lowest BCUT2D eigenvalue weighted by Gasteiger charge is -2.16. The van der Waals surface area contributed by atoms with Crippen LogP contribution in [0, 0.1) is 0 Å². The number of carbonyl (C=O) groups excluding carboxylic acids is 1. The van der Waals surface area contributed by atoms with E-state index in [-0.39, 0.29) is 10.8 Å². The van der Waals surface area contributed by atoms with E-state index in [1.165, 1.54) is 7.11 Å². The number of halogens is 1. The number of hydrogen-bond donors (Lipinski definition) is 1. The fourth-order valence-electron chi connectivity index (χ4n) is 3.73. The van der Waals surface area contributed by atoms with Crippen molar-refractivity contribution in [3.63, 3.8) is 0 Å². The number of nitrogens with zero attached hydrogens (tertiary/aromatic N) is 5. The van der Waals surface area contributed by atoms with Gasteiger partial charge in [0.15, 0.2) is 10.8 Å². The maximum atomic E-state index is 12.5. The van der Waals surface area contributed by atoms with Crippen LogP contribution in [0.15, 0.2) is 48.5 Å². The molecule has 0 aliphatic rings. The number of rotatable bonds is 8. The standard InChI is InChI=1S/C23H23ClN6O2/c1-3-4-13-19-25-21(24)20(23(31)32-2)30(19)14-15-9-5-6-10-16(15)17-11-7-8-12-18(17)22-26-28-29-27-22/h5-12H,3-4,13-14H2,1-2H3,(H,26,27,28,29). The van der Waals surface area contributed by atoms with E-state index in [9.17, 15) is 4.79 Å². The number of aryl methyl sites for hydroxylation is 1. The molecule has 2 aromatic heterocycles. The van der Waals surface area contributed by atoms with E-state index < -0.39 is 5.97 Å². The van der Waals surface area contributed by atoms with Crippen molar-refractivity contribution >= 4 is 17.6 Å². The van der Waals surface area contributed by atoms with Crippen molar-refractivity contribution in [2.75, 3.05) is 7.11 Å². The van der Waals surface area contributed by atoms with E-state index in [4.69, 9.17) is 16.3 Å². The second kappa shape index (κ2) is 9.74. The summed E-state index contributed by atoms with van der Waals surface area (Å²) in [4.78, 5) is 17.0. The Morgan fingerprint density at radius 2 is 1.81 bits per heavy atom. The Morgan fingerprint density at radius 1 is 1.09 bits per heavy atom. The Bertz CT molecular complexity index is 1220. The number of benzene rings is 2. The van der Waals surface area contributed by atoms with Gasteiger partial charge in [0.25, 0.3) is 0 Å². The first-order valence-electron chi connectivity index (χ1n) is 10.4. The van der Waals surface area contributed by atoms with Crippen molar-refractivity contribution in [2.45, 2.75) is 32.7 Å². The molecule has 8 nitrogen and oxygen atoms in total. The van der Waals surface area contributed by atoms with Crippen LogP contribution in [0.5, 0.6) is 0 Å². The molecule has 0 saturated carbocycles. The third-order valence-corrected chi connectivity index (χ3v) is 5.55. The zero-order valence-corrected chi connectivity index (χ0v) is 18.6. The highest BCUT2D eigenvalue weighted by molar-refractivity contribution is 6.32. The number of aromatic amines is 1. The maximum absolute atomic E-state index is 12.5. The van der Waals surface area contributed by atoms with Crippen molar-refractivity contribution in [3.8, 4) is 22.5 Å². The lowest BCUT2D eigenvalue weighted by atomic mass is 9.95. The number of hydrogen-bond acceptors (Lipinski definition) is 6. The van der Waals surface area contributed by atoms with Crippen LogP contribution in [0.4, 0.5) is 0 Å². The first-order chi connectivity index (χ1) is 15.6. The summed E-state index contributed by atoms with van der Waals surface area (Å²) in [6.07, 6.45) is 2.66. The second-order valence-electron chi connectivity index (χ2n) is 7.29. The van der Waals surface area contributed by atoms with Crippen LogP contribution in [0.25, 0.3) is 22.5 Å². The monoisotopic (exact) mass is 450 g/mol. The molecular weight excluding hydrogens is 428 g/mol. The van der Waals surface area contributed by atoms with E-state index in [1.807, 2.05) is 53.1 Å². The minimum atomic E-state index is -0.505. The molecule has 0 fully saturated rings. The van der Waals surface area contributed by atoms with Gasteiger partial charge in [0.1, 0.15) is 5.82 Å². The molecule has 164 valence electrons. The largest absolute Gasteiger partial charge is 0.464 e. The second-order valence-corrected chi connectivity index (χ2v) is 7.64. The fourth-order valence-corrected chi connectivity index (χ4v) is 4.01. The minimum absolute atomic E-state index is 0.160. The Labute approximate surface area is 190 Å². The molecule has 4 rings (SSSR count). The third kappa shape index (κ3) is 4.27. The van der Waals surface area contributed by atoms with Gasteiger partial charge in [-0.05, 0) is 28.3 Å². The Kier molecular flexibility index (Phi) is 6.61. The van der Waals surface area contributed by atoms with Gasteiger partial charge in [0.05, 0.1) is 13.7 Å². The van der Waals surface area contributed by atoms with Crippen molar-refractivity contribution in [1.82, 2.24) is 30.2 Å². The average Bonchev–Trinajstić information content (AvgIpc) is 3.46. The Hall–Kier alpha value is -3.52. The predicted octanol–water partition coefficient (Wildman–Crippen LogP) is 4.56. The summed E-state index contributed by atoms with van der Waals surface area (Å²) < 4.78 is 6.85. The molecule has 0 saturated heterocycles. The summed E-state index contributed by atoms with van der Waals surface area (Å²) in [5.74, 6) is 0.772. The molecule has 4 aromatic rings. The number of ether oxygens (including phenoxy) is 1. The van der Waals surface area contributed by atoms with Gasteiger partial charge in [-0.25, -0.2) is 9.78 Å². The number of carbonyl (C=O) groups is 1. The summed E-state index contributed by atoms with van der Waals surface area (Å²) in [5, 5.41) is 14.7. The van der Waals surface area contributed by atoms with Crippen molar-refractivity contribution in [1.29, 1.82) is 0 Å². The van der Waals surface area contributed by atoms with Crippen molar-refractivity contribution in [3.05, 3.63) is 70.8 Å². The van der Waals surface area contributed by atoms with Crippen LogP contribution in [0.1, 0.15) is 41.6 Å². The first-order valence-corrected chi connectivity index (χ1v) is 10.8. The molecule has 0 radical (unpaired) electrons. The van der Waals surface area contributed by atoms with Crippen LogP contribution in [0.3, 0.4) is 0 Å². The van der Waals surface area contributed by atoms with E-state index in [0.717, 1.165) is 47.3 Å². The van der Waals surface area contributed by atoms with Crippen LogP contribution in [0.2, 0.25) is 5.15 Å². The molecule has 0 amide bonds. The van der Waals surface area contributed by atoms with Crippen molar-refractivity contribution in [2.24, 2.45) is 0 Å². The van der Waals surface area contributed by atoms with E-state index >= 15 is 0 Å². The lowest BCUT2D eigenvalue weighted by Crippen LogP contribution is -2.15. The minimum Gasteiger partial charge on any atom is -0.464 e. The number of unbranched alkanes of at least 4 members (excludes halogenated alkanes) is 1. The molecule has 0 atom stereocenters. The molecular formula is C23H23ClN6O2. The Morgan fingerprint density at radius 3 is 2.50 bits per heavy atom. The summed E-state index contributed by atoms with van der Waals surface area (Å²) >= 11 is 6.36. The first kappa shape index (κ1) is 21.7. The molecule has 0 aliphatic heterocycles. The molecule has 1 N–H and O–H groups in total. The van der Waals surface area contributed by atoms with Crippen LogP contribution in [-0.4, -0.2) is 43.3 Å². The van der Waals surface area contributed by atoms with Gasteiger partial charge in [-0.15, -0.1) is 10.2 Å². The highest BCUT2D eigenvalue weighted by atomic mass is 35.5. The Balaban J connectivity index is 1.82. The van der Waals surface area contributed by atoms with Crippen LogP contribution < -0.4 is 0 Å². The summed E-state index contributed by atoms with van der Waals surface area (Å²) in [7, 11) is 1.34. The molecule has 32 heavy (non-hydrogen) atoms. The van der Waals surface area contributed by atoms with Gasteiger partial charge < -0.3 is 9.30 Å². The normalized spacial score (nSPS) is 11.0. The molecule has 0 aliphatic carbocycles. The molecule has 2 aromatic carbocycles. The molecule has 0 spiro atoms. The number of tetrazole rings is 1. The van der Waals surface area contributed by atoms with Crippen molar-refractivity contribution < 1.29 is 9.53 Å². The number of imidazole rings is 1. The number of H-pyrrole nitrogens is 1. The SMILES string of the molecule is CCCCc1nc(Cl)c(C(=O)OC)n1Cc1ccccc1-c1ccccc1-c1nn[nH]n1. The number of nitrogens with one attached hydrogen (secondary N) is 1. The molecule has 0 bridgehead atoms. The van der Waals surface area contributed by atoms with E-state index in [1.54, 1.807) is 0 Å². The zero-order chi connectivity index (χ0) is 22.5.